The van der Waals surface area contributed by atoms with Crippen LogP contribution in [0.1, 0.15) is 50.7 Å². The van der Waals surface area contributed by atoms with Crippen molar-refractivity contribution in [2.45, 2.75) is 51.1 Å². The fraction of sp³-hybridized carbons (Fsp3) is 0.600. The van der Waals surface area contributed by atoms with Crippen LogP contribution >= 0.6 is 0 Å². The van der Waals surface area contributed by atoms with Gasteiger partial charge in [-0.1, -0.05) is 38.8 Å². The molecule has 1 heterocycles. The largest absolute Gasteiger partial charge is 0.418 e. The predicted octanol–water partition coefficient (Wildman–Crippen LogP) is 4.97. The van der Waals surface area contributed by atoms with E-state index in [1.165, 1.54) is 6.07 Å². The van der Waals surface area contributed by atoms with Crippen molar-refractivity contribution >= 4 is 5.69 Å². The summed E-state index contributed by atoms with van der Waals surface area (Å²) in [6, 6.07) is 4.55. The molecule has 0 aliphatic carbocycles. The summed E-state index contributed by atoms with van der Waals surface area (Å²) in [5, 5.41) is 3.01. The standard InChI is InChI=1S/C15H20F3N/c1-3-5-9-14(4-2)10-19-13-11(14)7-6-8-12(13)15(16,17)18/h6-8,19H,3-5,9-10H2,1-2H3. The fourth-order valence-electron chi connectivity index (χ4n) is 3.00. The first-order valence-electron chi connectivity index (χ1n) is 6.89. The molecule has 0 amide bonds. The van der Waals surface area contributed by atoms with Crippen LogP contribution in [0.25, 0.3) is 0 Å². The molecule has 1 nitrogen and oxygen atoms in total. The molecule has 1 aromatic rings. The van der Waals surface area contributed by atoms with E-state index in [0.29, 0.717) is 12.2 Å². The van der Waals surface area contributed by atoms with Gasteiger partial charge in [-0.15, -0.1) is 0 Å². The molecule has 1 N–H and O–H groups in total. The summed E-state index contributed by atoms with van der Waals surface area (Å²) < 4.78 is 39.0. The lowest BCUT2D eigenvalue weighted by atomic mass is 9.75. The molecule has 0 fully saturated rings. The minimum Gasteiger partial charge on any atom is -0.383 e. The molecule has 0 aromatic heterocycles. The molecule has 4 heteroatoms. The number of alkyl halides is 3. The Bertz CT molecular complexity index is 453. The Balaban J connectivity index is 2.45. The SMILES string of the molecule is CCCCC1(CC)CNc2c(C(F)(F)F)cccc21. The van der Waals surface area contributed by atoms with Gasteiger partial charge in [0, 0.05) is 12.0 Å². The van der Waals surface area contributed by atoms with Gasteiger partial charge >= 0.3 is 6.18 Å². The van der Waals surface area contributed by atoms with Crippen molar-refractivity contribution in [3.05, 3.63) is 29.3 Å². The summed E-state index contributed by atoms with van der Waals surface area (Å²) in [7, 11) is 0. The highest BCUT2D eigenvalue weighted by Gasteiger charge is 2.42. The topological polar surface area (TPSA) is 12.0 Å². The maximum Gasteiger partial charge on any atom is 0.418 e. The van der Waals surface area contributed by atoms with E-state index >= 15 is 0 Å². The quantitative estimate of drug-likeness (QED) is 0.815. The van der Waals surface area contributed by atoms with E-state index in [0.717, 1.165) is 37.3 Å². The summed E-state index contributed by atoms with van der Waals surface area (Å²) in [6.07, 6.45) is -0.357. The van der Waals surface area contributed by atoms with Crippen LogP contribution in [0.5, 0.6) is 0 Å². The van der Waals surface area contributed by atoms with Crippen LogP contribution in [-0.4, -0.2) is 6.54 Å². The van der Waals surface area contributed by atoms with Crippen molar-refractivity contribution in [1.82, 2.24) is 0 Å². The van der Waals surface area contributed by atoms with Gasteiger partial charge in [-0.05, 0) is 24.5 Å². The van der Waals surface area contributed by atoms with Gasteiger partial charge in [0.05, 0.1) is 11.3 Å². The molecule has 1 aromatic carbocycles. The third kappa shape index (κ3) is 2.45. The van der Waals surface area contributed by atoms with Gasteiger partial charge in [0.2, 0.25) is 0 Å². The second kappa shape index (κ2) is 5.06. The van der Waals surface area contributed by atoms with E-state index in [9.17, 15) is 13.2 Å². The molecule has 0 bridgehead atoms. The van der Waals surface area contributed by atoms with E-state index in [2.05, 4.69) is 19.2 Å². The normalized spacial score (nSPS) is 22.2. The van der Waals surface area contributed by atoms with E-state index < -0.39 is 11.7 Å². The van der Waals surface area contributed by atoms with Crippen LogP contribution in [0.2, 0.25) is 0 Å². The average Bonchev–Trinajstić information content (AvgIpc) is 2.74. The second-order valence-electron chi connectivity index (χ2n) is 5.32. The number of para-hydroxylation sites is 1. The van der Waals surface area contributed by atoms with Crippen LogP contribution in [0.4, 0.5) is 18.9 Å². The Morgan fingerprint density at radius 2 is 2.00 bits per heavy atom. The first-order chi connectivity index (χ1) is 8.94. The molecule has 0 saturated heterocycles. The Hall–Kier alpha value is -1.19. The molecular weight excluding hydrogens is 251 g/mol. The summed E-state index contributed by atoms with van der Waals surface area (Å²) in [5.74, 6) is 0. The van der Waals surface area contributed by atoms with Gasteiger partial charge in [-0.2, -0.15) is 13.2 Å². The number of halogens is 3. The highest BCUT2D eigenvalue weighted by Crippen LogP contribution is 2.47. The van der Waals surface area contributed by atoms with E-state index in [4.69, 9.17) is 0 Å². The van der Waals surface area contributed by atoms with Crippen LogP contribution < -0.4 is 5.32 Å². The summed E-state index contributed by atoms with van der Waals surface area (Å²) in [6.45, 7) is 4.79. The molecule has 106 valence electrons. The van der Waals surface area contributed by atoms with Crippen LogP contribution in [0.15, 0.2) is 18.2 Å². The summed E-state index contributed by atoms with van der Waals surface area (Å²) in [5.41, 5.74) is 0.482. The van der Waals surface area contributed by atoms with Crippen molar-refractivity contribution < 1.29 is 13.2 Å². The summed E-state index contributed by atoms with van der Waals surface area (Å²) >= 11 is 0. The van der Waals surface area contributed by atoms with Gasteiger partial charge in [0.15, 0.2) is 0 Å². The molecule has 0 saturated carbocycles. The number of nitrogens with one attached hydrogen (secondary N) is 1. The molecule has 0 spiro atoms. The van der Waals surface area contributed by atoms with Crippen molar-refractivity contribution in [3.8, 4) is 0 Å². The number of anilines is 1. The minimum absolute atomic E-state index is 0.132. The highest BCUT2D eigenvalue weighted by atomic mass is 19.4. The third-order valence-electron chi connectivity index (χ3n) is 4.23. The zero-order valence-corrected chi connectivity index (χ0v) is 11.4. The molecule has 2 rings (SSSR count). The number of hydrogen-bond acceptors (Lipinski definition) is 1. The predicted molar refractivity (Wildman–Crippen MR) is 71.4 cm³/mol. The molecule has 0 radical (unpaired) electrons. The first kappa shape index (κ1) is 14.2. The van der Waals surface area contributed by atoms with Gasteiger partial charge < -0.3 is 5.32 Å². The molecule has 1 aliphatic rings. The Morgan fingerprint density at radius 1 is 1.26 bits per heavy atom. The van der Waals surface area contributed by atoms with Gasteiger partial charge in [-0.25, -0.2) is 0 Å². The highest BCUT2D eigenvalue weighted by molar-refractivity contribution is 5.66. The maximum atomic E-state index is 13.0. The third-order valence-corrected chi connectivity index (χ3v) is 4.23. The van der Waals surface area contributed by atoms with Crippen LogP contribution in [0, 0.1) is 0 Å². The van der Waals surface area contributed by atoms with Crippen LogP contribution in [-0.2, 0) is 11.6 Å². The molecule has 1 atom stereocenters. The Labute approximate surface area is 112 Å². The minimum atomic E-state index is -4.28. The van der Waals surface area contributed by atoms with Crippen molar-refractivity contribution in [2.75, 3.05) is 11.9 Å². The lowest BCUT2D eigenvalue weighted by Crippen LogP contribution is -2.27. The first-order valence-corrected chi connectivity index (χ1v) is 6.89. The summed E-state index contributed by atoms with van der Waals surface area (Å²) in [4.78, 5) is 0. The average molecular weight is 271 g/mol. The van der Waals surface area contributed by atoms with E-state index in [1.807, 2.05) is 6.07 Å². The van der Waals surface area contributed by atoms with Gasteiger partial charge in [-0.3, -0.25) is 0 Å². The van der Waals surface area contributed by atoms with Crippen LogP contribution in [0.3, 0.4) is 0 Å². The number of fused-ring (bicyclic) bond motifs is 1. The van der Waals surface area contributed by atoms with E-state index in [-0.39, 0.29) is 5.41 Å². The zero-order chi connectivity index (χ0) is 14.1. The van der Waals surface area contributed by atoms with Crippen molar-refractivity contribution in [1.29, 1.82) is 0 Å². The van der Waals surface area contributed by atoms with E-state index in [1.54, 1.807) is 0 Å². The fourth-order valence-corrected chi connectivity index (χ4v) is 3.00. The molecule has 1 unspecified atom stereocenters. The molecule has 1 aliphatic heterocycles. The maximum absolute atomic E-state index is 13.0. The lowest BCUT2D eigenvalue weighted by molar-refractivity contribution is -0.136. The monoisotopic (exact) mass is 271 g/mol. The van der Waals surface area contributed by atoms with Crippen molar-refractivity contribution in [3.63, 3.8) is 0 Å². The lowest BCUT2D eigenvalue weighted by Gasteiger charge is -2.28. The Morgan fingerprint density at radius 3 is 2.58 bits per heavy atom. The molecule has 19 heavy (non-hydrogen) atoms. The van der Waals surface area contributed by atoms with Crippen molar-refractivity contribution in [2.24, 2.45) is 0 Å². The Kier molecular flexibility index (Phi) is 3.79. The van der Waals surface area contributed by atoms with Gasteiger partial charge in [0.1, 0.15) is 0 Å². The second-order valence-corrected chi connectivity index (χ2v) is 5.32. The number of rotatable bonds is 4. The zero-order valence-electron chi connectivity index (χ0n) is 11.4. The van der Waals surface area contributed by atoms with Gasteiger partial charge in [0.25, 0.3) is 0 Å². The molecular formula is C15H20F3N. The number of unbranched alkanes of at least 4 members (excludes halogenated alkanes) is 1. The number of benzene rings is 1. The number of hydrogen-bond donors (Lipinski definition) is 1. The smallest absolute Gasteiger partial charge is 0.383 e.